The molecule has 100 valence electrons. The smallest absolute Gasteiger partial charge is 0.206 e. The summed E-state index contributed by atoms with van der Waals surface area (Å²) in [7, 11) is -3.41. The number of aryl methyl sites for hydroxylation is 1. The van der Waals surface area contributed by atoms with Crippen LogP contribution in [-0.4, -0.2) is 8.42 Å². The topological polar surface area (TPSA) is 34.1 Å². The summed E-state index contributed by atoms with van der Waals surface area (Å²) in [6.45, 7) is 6.04. The van der Waals surface area contributed by atoms with Crippen LogP contribution in [0.3, 0.4) is 0 Å². The van der Waals surface area contributed by atoms with Crippen molar-refractivity contribution in [1.82, 2.24) is 0 Å². The molecule has 0 N–H and O–H groups in total. The second-order valence-corrected chi connectivity index (χ2v) is 6.91. The van der Waals surface area contributed by atoms with E-state index in [0.29, 0.717) is 15.7 Å². The van der Waals surface area contributed by atoms with Crippen LogP contribution in [0.15, 0.2) is 58.3 Å². The van der Waals surface area contributed by atoms with Crippen molar-refractivity contribution >= 4 is 9.84 Å². The molecule has 0 aliphatic carbocycles. The van der Waals surface area contributed by atoms with Crippen LogP contribution >= 0.6 is 0 Å². The van der Waals surface area contributed by atoms with E-state index in [1.165, 1.54) is 0 Å². The predicted molar refractivity (Wildman–Crippen MR) is 77.2 cm³/mol. The molecule has 0 fully saturated rings. The molecule has 2 aromatic rings. The van der Waals surface area contributed by atoms with Gasteiger partial charge in [0.15, 0.2) is 0 Å². The molecule has 19 heavy (non-hydrogen) atoms. The molecule has 0 amide bonds. The third-order valence-corrected chi connectivity index (χ3v) is 5.14. The molecule has 0 saturated carbocycles. The lowest BCUT2D eigenvalue weighted by Crippen LogP contribution is -2.04. The molecule has 2 aromatic carbocycles. The largest absolute Gasteiger partial charge is 0.219 e. The van der Waals surface area contributed by atoms with Crippen molar-refractivity contribution in [3.63, 3.8) is 0 Å². The van der Waals surface area contributed by atoms with Gasteiger partial charge < -0.3 is 0 Å². The number of hydrogen-bond acceptors (Lipinski definition) is 2. The van der Waals surface area contributed by atoms with Gasteiger partial charge in [0.2, 0.25) is 9.84 Å². The fourth-order valence-corrected chi connectivity index (χ4v) is 3.56. The lowest BCUT2D eigenvalue weighted by molar-refractivity contribution is 0.595. The molecule has 0 radical (unpaired) electrons. The zero-order valence-electron chi connectivity index (χ0n) is 11.4. The van der Waals surface area contributed by atoms with E-state index in [0.717, 1.165) is 11.1 Å². The Hall–Kier alpha value is -1.61. The van der Waals surface area contributed by atoms with Crippen molar-refractivity contribution in [2.24, 2.45) is 0 Å². The fraction of sp³-hybridized carbons (Fsp3) is 0.250. The van der Waals surface area contributed by atoms with Gasteiger partial charge in [0.25, 0.3) is 0 Å². The maximum atomic E-state index is 12.5. The SMILES string of the molecule is Cc1cc(C(C)C)ccc1S(=O)(=O)c1ccccc1. The number of benzene rings is 2. The Kier molecular flexibility index (Phi) is 3.76. The van der Waals surface area contributed by atoms with Crippen LogP contribution in [0.4, 0.5) is 0 Å². The van der Waals surface area contributed by atoms with Gasteiger partial charge in [-0.25, -0.2) is 8.42 Å². The first-order valence-corrected chi connectivity index (χ1v) is 7.82. The molecule has 0 spiro atoms. The zero-order chi connectivity index (χ0) is 14.0. The number of hydrogen-bond donors (Lipinski definition) is 0. The molecule has 0 aliphatic heterocycles. The second kappa shape index (κ2) is 5.17. The molecule has 0 aliphatic rings. The maximum absolute atomic E-state index is 12.5. The number of sulfone groups is 1. The first kappa shape index (κ1) is 13.8. The van der Waals surface area contributed by atoms with Gasteiger partial charge in [-0.3, -0.25) is 0 Å². The molecular formula is C16H18O2S. The van der Waals surface area contributed by atoms with Crippen LogP contribution in [0.1, 0.15) is 30.9 Å². The molecule has 0 unspecified atom stereocenters. The van der Waals surface area contributed by atoms with Crippen LogP contribution in [0.25, 0.3) is 0 Å². The Morgan fingerprint density at radius 3 is 2.11 bits per heavy atom. The van der Waals surface area contributed by atoms with E-state index in [9.17, 15) is 8.42 Å². The van der Waals surface area contributed by atoms with Crippen LogP contribution in [0.2, 0.25) is 0 Å². The zero-order valence-corrected chi connectivity index (χ0v) is 12.2. The van der Waals surface area contributed by atoms with E-state index in [4.69, 9.17) is 0 Å². The highest BCUT2D eigenvalue weighted by atomic mass is 32.2. The van der Waals surface area contributed by atoms with Gasteiger partial charge in [0.05, 0.1) is 9.79 Å². The van der Waals surface area contributed by atoms with Crippen LogP contribution in [0.5, 0.6) is 0 Å². The summed E-state index contributed by atoms with van der Waals surface area (Å²) in [5.41, 5.74) is 1.96. The summed E-state index contributed by atoms with van der Waals surface area (Å²) in [6, 6.07) is 14.1. The summed E-state index contributed by atoms with van der Waals surface area (Å²) in [4.78, 5) is 0.735. The van der Waals surface area contributed by atoms with Gasteiger partial charge in [-0.05, 0) is 42.2 Å². The van der Waals surface area contributed by atoms with Crippen molar-refractivity contribution in [3.05, 3.63) is 59.7 Å². The lowest BCUT2D eigenvalue weighted by Gasteiger charge is -2.11. The van der Waals surface area contributed by atoms with Crippen molar-refractivity contribution in [1.29, 1.82) is 0 Å². The van der Waals surface area contributed by atoms with Gasteiger partial charge in [0, 0.05) is 0 Å². The van der Waals surface area contributed by atoms with Crippen molar-refractivity contribution in [2.45, 2.75) is 36.5 Å². The van der Waals surface area contributed by atoms with E-state index in [-0.39, 0.29) is 0 Å². The standard InChI is InChI=1S/C16H18O2S/c1-12(2)14-9-10-16(13(3)11-14)19(17,18)15-7-5-4-6-8-15/h4-12H,1-3H3. The Bertz CT molecular complexity index is 671. The predicted octanol–water partition coefficient (Wildman–Crippen LogP) is 3.95. The molecule has 0 atom stereocenters. The van der Waals surface area contributed by atoms with Crippen LogP contribution in [-0.2, 0) is 9.84 Å². The van der Waals surface area contributed by atoms with Crippen LogP contribution in [0, 0.1) is 6.92 Å². The highest BCUT2D eigenvalue weighted by molar-refractivity contribution is 7.91. The molecule has 0 saturated heterocycles. The minimum Gasteiger partial charge on any atom is -0.219 e. The third-order valence-electron chi connectivity index (χ3n) is 3.21. The summed E-state index contributed by atoms with van der Waals surface area (Å²) in [5.74, 6) is 0.396. The molecule has 3 heteroatoms. The van der Waals surface area contributed by atoms with Crippen molar-refractivity contribution in [2.75, 3.05) is 0 Å². The van der Waals surface area contributed by atoms with Gasteiger partial charge >= 0.3 is 0 Å². The second-order valence-electron chi connectivity index (χ2n) is 5.00. The van der Waals surface area contributed by atoms with E-state index in [2.05, 4.69) is 13.8 Å². The first-order valence-electron chi connectivity index (χ1n) is 6.33. The van der Waals surface area contributed by atoms with E-state index in [1.54, 1.807) is 30.3 Å². The van der Waals surface area contributed by atoms with Gasteiger partial charge in [-0.15, -0.1) is 0 Å². The molecular weight excluding hydrogens is 256 g/mol. The van der Waals surface area contributed by atoms with Crippen molar-refractivity contribution < 1.29 is 8.42 Å². The minimum absolute atomic E-state index is 0.343. The summed E-state index contributed by atoms with van der Waals surface area (Å²) in [5, 5.41) is 0. The lowest BCUT2D eigenvalue weighted by atomic mass is 10.0. The average Bonchev–Trinajstić information content (AvgIpc) is 2.39. The maximum Gasteiger partial charge on any atom is 0.206 e. The third kappa shape index (κ3) is 2.71. The molecule has 0 heterocycles. The summed E-state index contributed by atoms with van der Waals surface area (Å²) >= 11 is 0. The normalized spacial score (nSPS) is 11.8. The van der Waals surface area contributed by atoms with E-state index >= 15 is 0 Å². The van der Waals surface area contributed by atoms with Gasteiger partial charge in [-0.1, -0.05) is 44.2 Å². The Balaban J connectivity index is 2.54. The summed E-state index contributed by atoms with van der Waals surface area (Å²) in [6.07, 6.45) is 0. The first-order chi connectivity index (χ1) is 8.93. The molecule has 0 bridgehead atoms. The Morgan fingerprint density at radius 2 is 1.58 bits per heavy atom. The van der Waals surface area contributed by atoms with Crippen LogP contribution < -0.4 is 0 Å². The quantitative estimate of drug-likeness (QED) is 0.849. The Morgan fingerprint density at radius 1 is 0.947 bits per heavy atom. The monoisotopic (exact) mass is 274 g/mol. The van der Waals surface area contributed by atoms with E-state index in [1.807, 2.05) is 25.1 Å². The minimum atomic E-state index is -3.41. The molecule has 0 aromatic heterocycles. The van der Waals surface area contributed by atoms with E-state index < -0.39 is 9.84 Å². The Labute approximate surface area is 115 Å². The van der Waals surface area contributed by atoms with Crippen molar-refractivity contribution in [3.8, 4) is 0 Å². The van der Waals surface area contributed by atoms with Gasteiger partial charge in [0.1, 0.15) is 0 Å². The average molecular weight is 274 g/mol. The summed E-state index contributed by atoms with van der Waals surface area (Å²) < 4.78 is 25.1. The highest BCUT2D eigenvalue weighted by Crippen LogP contribution is 2.26. The highest BCUT2D eigenvalue weighted by Gasteiger charge is 2.19. The number of rotatable bonds is 3. The molecule has 2 rings (SSSR count). The molecule has 2 nitrogen and oxygen atoms in total. The fourth-order valence-electron chi connectivity index (χ4n) is 2.06. The van der Waals surface area contributed by atoms with Gasteiger partial charge in [-0.2, -0.15) is 0 Å².